The predicted molar refractivity (Wildman–Crippen MR) is 103 cm³/mol. The van der Waals surface area contributed by atoms with Gasteiger partial charge >= 0.3 is 0 Å². The van der Waals surface area contributed by atoms with Crippen molar-refractivity contribution in [1.82, 2.24) is 19.7 Å². The average Bonchev–Trinajstić information content (AvgIpc) is 3.24. The molecular weight excluding hydrogens is 368 g/mol. The van der Waals surface area contributed by atoms with E-state index in [1.54, 1.807) is 6.20 Å². The third kappa shape index (κ3) is 3.61. The summed E-state index contributed by atoms with van der Waals surface area (Å²) >= 11 is 7.46. The lowest BCUT2D eigenvalue weighted by molar-refractivity contribution is -0.120. The van der Waals surface area contributed by atoms with E-state index in [9.17, 15) is 4.79 Å². The third-order valence-corrected chi connectivity index (χ3v) is 5.10. The van der Waals surface area contributed by atoms with Crippen molar-refractivity contribution in [3.63, 3.8) is 0 Å². The highest BCUT2D eigenvalue weighted by Gasteiger charge is 2.12. The number of fused-ring (bicyclic) bond motifs is 1. The second-order valence-corrected chi connectivity index (χ2v) is 7.06. The normalized spacial score (nSPS) is 11.0. The lowest BCUT2D eigenvalue weighted by Crippen LogP contribution is -2.25. The molecule has 0 aliphatic carbocycles. The number of hydrogen-bond acceptors (Lipinski definition) is 4. The molecule has 0 atom stereocenters. The van der Waals surface area contributed by atoms with Crippen LogP contribution in [0.3, 0.4) is 0 Å². The topological polar surface area (TPSA) is 59.3 Å². The Morgan fingerprint density at radius 1 is 1.19 bits per heavy atom. The molecule has 4 rings (SSSR count). The molecule has 1 amide bonds. The standard InChI is InChI=1S/C19H15ClN4OS/c20-14-6-4-13(5-7-14)17-11-24-16(12-26-19(24)23-17)9-18(25)22-10-15-3-1-2-8-21-15/h1-8,11-12H,9-10H2,(H,22,25). The zero-order chi connectivity index (χ0) is 17.9. The fraction of sp³-hybridized carbons (Fsp3) is 0.105. The molecule has 0 aliphatic heterocycles. The fourth-order valence-corrected chi connectivity index (χ4v) is 3.63. The average molecular weight is 383 g/mol. The summed E-state index contributed by atoms with van der Waals surface area (Å²) < 4.78 is 1.97. The second kappa shape index (κ2) is 7.27. The van der Waals surface area contributed by atoms with E-state index in [2.05, 4.69) is 15.3 Å². The minimum atomic E-state index is -0.0444. The minimum absolute atomic E-state index is 0.0444. The van der Waals surface area contributed by atoms with Gasteiger partial charge < -0.3 is 5.32 Å². The van der Waals surface area contributed by atoms with Crippen LogP contribution in [0.5, 0.6) is 0 Å². The van der Waals surface area contributed by atoms with Crippen LogP contribution in [0.25, 0.3) is 16.2 Å². The van der Waals surface area contributed by atoms with Gasteiger partial charge in [-0.25, -0.2) is 4.98 Å². The number of halogens is 1. The van der Waals surface area contributed by atoms with E-state index in [1.165, 1.54) is 11.3 Å². The summed E-state index contributed by atoms with van der Waals surface area (Å²) in [4.78, 5) is 22.0. The third-order valence-electron chi connectivity index (χ3n) is 3.96. The molecule has 0 bridgehead atoms. The van der Waals surface area contributed by atoms with Crippen LogP contribution in [0.2, 0.25) is 5.02 Å². The molecule has 0 fully saturated rings. The molecule has 3 aromatic heterocycles. The highest BCUT2D eigenvalue weighted by Crippen LogP contribution is 2.25. The molecule has 0 unspecified atom stereocenters. The second-order valence-electron chi connectivity index (χ2n) is 5.79. The Labute approximate surface area is 159 Å². The van der Waals surface area contributed by atoms with Crippen LogP contribution in [0.4, 0.5) is 0 Å². The quantitative estimate of drug-likeness (QED) is 0.568. The Bertz CT molecular complexity index is 1040. The van der Waals surface area contributed by atoms with Gasteiger partial charge in [-0.3, -0.25) is 14.2 Å². The SMILES string of the molecule is O=C(Cc1csc2nc(-c3ccc(Cl)cc3)cn12)NCc1ccccn1. The van der Waals surface area contributed by atoms with E-state index in [0.717, 1.165) is 27.6 Å². The molecule has 0 saturated heterocycles. The Morgan fingerprint density at radius 3 is 2.81 bits per heavy atom. The molecular formula is C19H15ClN4OS. The predicted octanol–water partition coefficient (Wildman–Crippen LogP) is 3.97. The summed E-state index contributed by atoms with van der Waals surface area (Å²) in [6.45, 7) is 0.424. The first-order valence-corrected chi connectivity index (χ1v) is 9.33. The number of nitrogens with one attached hydrogen (secondary N) is 1. The van der Waals surface area contributed by atoms with Crippen molar-refractivity contribution in [2.24, 2.45) is 0 Å². The molecule has 1 N–H and O–H groups in total. The van der Waals surface area contributed by atoms with Crippen LogP contribution in [0.15, 0.2) is 60.2 Å². The van der Waals surface area contributed by atoms with Gasteiger partial charge in [0.05, 0.1) is 24.4 Å². The van der Waals surface area contributed by atoms with Gasteiger partial charge in [0.2, 0.25) is 5.91 Å². The molecule has 26 heavy (non-hydrogen) atoms. The van der Waals surface area contributed by atoms with Gasteiger partial charge in [-0.2, -0.15) is 0 Å². The van der Waals surface area contributed by atoms with Crippen LogP contribution >= 0.6 is 22.9 Å². The van der Waals surface area contributed by atoms with Crippen LogP contribution in [-0.2, 0) is 17.8 Å². The highest BCUT2D eigenvalue weighted by molar-refractivity contribution is 7.15. The molecule has 3 heterocycles. The summed E-state index contributed by atoms with van der Waals surface area (Å²) in [6.07, 6.45) is 3.97. The van der Waals surface area contributed by atoms with Crippen molar-refractivity contribution in [3.05, 3.63) is 76.6 Å². The number of aromatic nitrogens is 3. The van der Waals surface area contributed by atoms with E-state index < -0.39 is 0 Å². The minimum Gasteiger partial charge on any atom is -0.350 e. The number of carbonyl (C=O) groups is 1. The summed E-state index contributed by atoms with van der Waals surface area (Å²) in [6, 6.07) is 13.2. The van der Waals surface area contributed by atoms with Crippen LogP contribution < -0.4 is 5.32 Å². The number of pyridine rings is 1. The van der Waals surface area contributed by atoms with Crippen molar-refractivity contribution in [2.75, 3.05) is 0 Å². The number of rotatable bonds is 5. The van der Waals surface area contributed by atoms with Crippen LogP contribution in [0, 0.1) is 0 Å². The molecule has 7 heteroatoms. The smallest absolute Gasteiger partial charge is 0.226 e. The summed E-state index contributed by atoms with van der Waals surface area (Å²) in [7, 11) is 0. The van der Waals surface area contributed by atoms with Gasteiger partial charge in [0.25, 0.3) is 0 Å². The van der Waals surface area contributed by atoms with Crippen molar-refractivity contribution < 1.29 is 4.79 Å². The molecule has 0 spiro atoms. The maximum Gasteiger partial charge on any atom is 0.226 e. The maximum atomic E-state index is 12.3. The molecule has 0 radical (unpaired) electrons. The number of nitrogens with zero attached hydrogens (tertiary/aromatic N) is 3. The first-order chi connectivity index (χ1) is 12.7. The maximum absolute atomic E-state index is 12.3. The van der Waals surface area contributed by atoms with Crippen molar-refractivity contribution in [1.29, 1.82) is 0 Å². The van der Waals surface area contributed by atoms with Gasteiger partial charge in [-0.05, 0) is 24.3 Å². The van der Waals surface area contributed by atoms with E-state index in [-0.39, 0.29) is 5.91 Å². The first-order valence-electron chi connectivity index (χ1n) is 8.07. The Hall–Kier alpha value is -2.70. The largest absolute Gasteiger partial charge is 0.350 e. The number of hydrogen-bond donors (Lipinski definition) is 1. The molecule has 5 nitrogen and oxygen atoms in total. The number of benzene rings is 1. The Morgan fingerprint density at radius 2 is 2.04 bits per heavy atom. The molecule has 0 aliphatic rings. The monoisotopic (exact) mass is 382 g/mol. The molecule has 4 aromatic rings. The molecule has 0 saturated carbocycles. The summed E-state index contributed by atoms with van der Waals surface area (Å²) in [5, 5.41) is 5.56. The van der Waals surface area contributed by atoms with Gasteiger partial charge in [0.1, 0.15) is 0 Å². The highest BCUT2D eigenvalue weighted by atomic mass is 35.5. The van der Waals surface area contributed by atoms with Gasteiger partial charge in [-0.15, -0.1) is 11.3 Å². The van der Waals surface area contributed by atoms with E-state index in [1.807, 2.05) is 58.4 Å². The summed E-state index contributed by atoms with van der Waals surface area (Å²) in [5.41, 5.74) is 3.61. The lowest BCUT2D eigenvalue weighted by atomic mass is 10.2. The van der Waals surface area contributed by atoms with E-state index in [0.29, 0.717) is 18.0 Å². The van der Waals surface area contributed by atoms with Crippen molar-refractivity contribution in [2.45, 2.75) is 13.0 Å². The number of amides is 1. The Balaban J connectivity index is 1.48. The zero-order valence-electron chi connectivity index (χ0n) is 13.7. The fourth-order valence-electron chi connectivity index (χ4n) is 2.64. The van der Waals surface area contributed by atoms with Crippen LogP contribution in [0.1, 0.15) is 11.4 Å². The molecule has 130 valence electrons. The zero-order valence-corrected chi connectivity index (χ0v) is 15.3. The van der Waals surface area contributed by atoms with Crippen LogP contribution in [-0.4, -0.2) is 20.3 Å². The summed E-state index contributed by atoms with van der Waals surface area (Å²) in [5.74, 6) is -0.0444. The number of carbonyl (C=O) groups excluding carboxylic acids is 1. The van der Waals surface area contributed by atoms with Gasteiger partial charge in [-0.1, -0.05) is 29.8 Å². The lowest BCUT2D eigenvalue weighted by Gasteiger charge is -2.04. The van der Waals surface area contributed by atoms with E-state index in [4.69, 9.17) is 11.6 Å². The van der Waals surface area contributed by atoms with Gasteiger partial charge in [0, 0.05) is 34.1 Å². The van der Waals surface area contributed by atoms with Gasteiger partial charge in [0.15, 0.2) is 4.96 Å². The Kier molecular flexibility index (Phi) is 4.69. The van der Waals surface area contributed by atoms with Crippen molar-refractivity contribution >= 4 is 33.8 Å². The number of imidazole rings is 1. The molecule has 1 aromatic carbocycles. The number of thiazole rings is 1. The van der Waals surface area contributed by atoms with E-state index >= 15 is 0 Å². The van der Waals surface area contributed by atoms with Crippen molar-refractivity contribution in [3.8, 4) is 11.3 Å². The first kappa shape index (κ1) is 16.8.